The van der Waals surface area contributed by atoms with Crippen LogP contribution in [0, 0.1) is 13.8 Å². The molecule has 0 spiro atoms. The third kappa shape index (κ3) is 3.72. The van der Waals surface area contributed by atoms with Gasteiger partial charge in [-0.05, 0) is 49.2 Å². The summed E-state index contributed by atoms with van der Waals surface area (Å²) < 4.78 is 5.26. The number of hydrogen-bond acceptors (Lipinski definition) is 4. The van der Waals surface area contributed by atoms with Gasteiger partial charge in [0.05, 0.1) is 11.6 Å². The average molecular weight is 356 g/mol. The first-order chi connectivity index (χ1) is 12.0. The highest BCUT2D eigenvalue weighted by atomic mass is 35.5. The van der Waals surface area contributed by atoms with Crippen molar-refractivity contribution in [3.05, 3.63) is 70.1 Å². The van der Waals surface area contributed by atoms with E-state index in [9.17, 15) is 4.79 Å². The van der Waals surface area contributed by atoms with Crippen LogP contribution in [0.4, 0.5) is 0 Å². The smallest absolute Gasteiger partial charge is 0.254 e. The van der Waals surface area contributed by atoms with Crippen molar-refractivity contribution in [2.75, 3.05) is 7.05 Å². The summed E-state index contributed by atoms with van der Waals surface area (Å²) in [4.78, 5) is 18.4. The highest BCUT2D eigenvalue weighted by Crippen LogP contribution is 2.25. The molecule has 6 heteroatoms. The zero-order chi connectivity index (χ0) is 18.0. The molecule has 3 rings (SSSR count). The van der Waals surface area contributed by atoms with E-state index >= 15 is 0 Å². The highest BCUT2D eigenvalue weighted by molar-refractivity contribution is 6.33. The first kappa shape index (κ1) is 17.2. The summed E-state index contributed by atoms with van der Waals surface area (Å²) in [6.07, 6.45) is 0. The van der Waals surface area contributed by atoms with Crippen LogP contribution in [0.1, 0.15) is 27.4 Å². The minimum absolute atomic E-state index is 0.0967. The molecule has 0 atom stereocenters. The molecular weight excluding hydrogens is 338 g/mol. The van der Waals surface area contributed by atoms with Crippen LogP contribution in [0.5, 0.6) is 0 Å². The van der Waals surface area contributed by atoms with Crippen LogP contribution in [0.2, 0.25) is 5.02 Å². The number of halogens is 1. The Bertz CT molecular complexity index is 921. The summed E-state index contributed by atoms with van der Waals surface area (Å²) in [6, 6.07) is 12.9. The topological polar surface area (TPSA) is 59.2 Å². The van der Waals surface area contributed by atoms with Gasteiger partial charge in [-0.2, -0.15) is 4.98 Å². The third-order valence-electron chi connectivity index (χ3n) is 4.06. The molecular formula is C19H18ClN3O2. The van der Waals surface area contributed by atoms with Crippen molar-refractivity contribution in [1.29, 1.82) is 0 Å². The average Bonchev–Trinajstić information content (AvgIpc) is 3.05. The van der Waals surface area contributed by atoms with Gasteiger partial charge in [-0.1, -0.05) is 35.0 Å². The van der Waals surface area contributed by atoms with E-state index in [1.807, 2.05) is 50.2 Å². The van der Waals surface area contributed by atoms with Crippen molar-refractivity contribution >= 4 is 17.5 Å². The van der Waals surface area contributed by atoms with Gasteiger partial charge in [0, 0.05) is 18.2 Å². The molecule has 0 N–H and O–H groups in total. The molecule has 0 aliphatic heterocycles. The highest BCUT2D eigenvalue weighted by Gasteiger charge is 2.17. The lowest BCUT2D eigenvalue weighted by atomic mass is 10.1. The number of carbonyl (C=O) groups is 1. The van der Waals surface area contributed by atoms with Gasteiger partial charge in [0.1, 0.15) is 0 Å². The van der Waals surface area contributed by atoms with Crippen molar-refractivity contribution in [2.24, 2.45) is 0 Å². The zero-order valence-corrected chi connectivity index (χ0v) is 15.0. The monoisotopic (exact) mass is 355 g/mol. The van der Waals surface area contributed by atoms with Gasteiger partial charge in [-0.15, -0.1) is 0 Å². The first-order valence-corrected chi connectivity index (χ1v) is 8.23. The van der Waals surface area contributed by atoms with Crippen LogP contribution in [0.3, 0.4) is 0 Å². The Morgan fingerprint density at radius 3 is 2.64 bits per heavy atom. The largest absolute Gasteiger partial charge is 0.337 e. The second-order valence-corrected chi connectivity index (χ2v) is 6.36. The maximum atomic E-state index is 12.6. The maximum Gasteiger partial charge on any atom is 0.254 e. The summed E-state index contributed by atoms with van der Waals surface area (Å²) in [6.45, 7) is 4.23. The van der Waals surface area contributed by atoms with Crippen LogP contribution in [-0.4, -0.2) is 28.0 Å². The first-order valence-electron chi connectivity index (χ1n) is 7.86. The van der Waals surface area contributed by atoms with Crippen molar-refractivity contribution in [1.82, 2.24) is 15.0 Å². The van der Waals surface area contributed by atoms with Gasteiger partial charge >= 0.3 is 0 Å². The number of nitrogens with zero attached hydrogens (tertiary/aromatic N) is 3. The fourth-order valence-electron chi connectivity index (χ4n) is 2.44. The molecule has 128 valence electrons. The number of benzene rings is 2. The molecule has 1 amide bonds. The molecule has 0 unspecified atom stereocenters. The van der Waals surface area contributed by atoms with E-state index in [2.05, 4.69) is 10.1 Å². The fourth-order valence-corrected chi connectivity index (χ4v) is 2.66. The number of aromatic nitrogens is 2. The van der Waals surface area contributed by atoms with Crippen LogP contribution in [0.25, 0.3) is 11.4 Å². The SMILES string of the molecule is Cc1ccc(C(=O)N(C)Cc2nc(-c3ccccc3Cl)no2)cc1C. The molecule has 25 heavy (non-hydrogen) atoms. The molecule has 0 saturated heterocycles. The van der Waals surface area contributed by atoms with E-state index in [1.165, 1.54) is 0 Å². The molecule has 0 aliphatic rings. The predicted octanol–water partition coefficient (Wildman–Crippen LogP) is 4.28. The number of rotatable bonds is 4. The lowest BCUT2D eigenvalue weighted by molar-refractivity contribution is 0.0769. The van der Waals surface area contributed by atoms with Crippen LogP contribution in [0.15, 0.2) is 47.0 Å². The number of carbonyl (C=O) groups excluding carboxylic acids is 1. The van der Waals surface area contributed by atoms with E-state index < -0.39 is 0 Å². The molecule has 0 aliphatic carbocycles. The number of amides is 1. The van der Waals surface area contributed by atoms with Crippen LogP contribution in [-0.2, 0) is 6.54 Å². The van der Waals surface area contributed by atoms with E-state index in [1.54, 1.807) is 18.0 Å². The normalized spacial score (nSPS) is 10.7. The van der Waals surface area contributed by atoms with Crippen molar-refractivity contribution in [2.45, 2.75) is 20.4 Å². The molecule has 2 aromatic carbocycles. The Morgan fingerprint density at radius 1 is 1.16 bits per heavy atom. The Kier molecular flexibility index (Phi) is 4.86. The van der Waals surface area contributed by atoms with Gasteiger partial charge < -0.3 is 9.42 Å². The molecule has 0 saturated carbocycles. The molecule has 5 nitrogen and oxygen atoms in total. The number of aryl methyl sites for hydroxylation is 2. The van der Waals surface area contributed by atoms with E-state index in [4.69, 9.17) is 16.1 Å². The van der Waals surface area contributed by atoms with Crippen molar-refractivity contribution < 1.29 is 9.32 Å². The van der Waals surface area contributed by atoms with Crippen LogP contribution >= 0.6 is 11.6 Å². The third-order valence-corrected chi connectivity index (χ3v) is 4.39. The zero-order valence-electron chi connectivity index (χ0n) is 14.3. The van der Waals surface area contributed by atoms with Crippen molar-refractivity contribution in [3.63, 3.8) is 0 Å². The summed E-state index contributed by atoms with van der Waals surface area (Å²) >= 11 is 6.15. The lowest BCUT2D eigenvalue weighted by Crippen LogP contribution is -2.26. The Balaban J connectivity index is 1.75. The Morgan fingerprint density at radius 2 is 1.92 bits per heavy atom. The van der Waals surface area contributed by atoms with E-state index in [-0.39, 0.29) is 12.5 Å². The quantitative estimate of drug-likeness (QED) is 0.700. The van der Waals surface area contributed by atoms with E-state index in [0.29, 0.717) is 27.9 Å². The summed E-state index contributed by atoms with van der Waals surface area (Å²) in [7, 11) is 1.71. The summed E-state index contributed by atoms with van der Waals surface area (Å²) in [5.74, 6) is 0.669. The van der Waals surface area contributed by atoms with Gasteiger partial charge in [0.15, 0.2) is 0 Å². The van der Waals surface area contributed by atoms with Gasteiger partial charge in [0.2, 0.25) is 11.7 Å². The number of hydrogen-bond donors (Lipinski definition) is 0. The van der Waals surface area contributed by atoms with Crippen molar-refractivity contribution in [3.8, 4) is 11.4 Å². The second-order valence-electron chi connectivity index (χ2n) is 5.95. The Hall–Kier alpha value is -2.66. The predicted molar refractivity (Wildman–Crippen MR) is 96.5 cm³/mol. The molecule has 1 heterocycles. The van der Waals surface area contributed by atoms with Gasteiger partial charge in [-0.25, -0.2) is 0 Å². The molecule has 1 aromatic heterocycles. The lowest BCUT2D eigenvalue weighted by Gasteiger charge is -2.15. The molecule has 3 aromatic rings. The maximum absolute atomic E-state index is 12.6. The minimum Gasteiger partial charge on any atom is -0.337 e. The van der Waals surface area contributed by atoms with Gasteiger partial charge in [0.25, 0.3) is 5.91 Å². The molecule has 0 bridgehead atoms. The van der Waals surface area contributed by atoms with Crippen LogP contribution < -0.4 is 0 Å². The van der Waals surface area contributed by atoms with E-state index in [0.717, 1.165) is 11.1 Å². The second kappa shape index (κ2) is 7.07. The minimum atomic E-state index is -0.0967. The summed E-state index contributed by atoms with van der Waals surface area (Å²) in [5, 5.41) is 4.50. The van der Waals surface area contributed by atoms with Gasteiger partial charge in [-0.3, -0.25) is 4.79 Å². The Labute approximate surface area is 151 Å². The summed E-state index contributed by atoms with van der Waals surface area (Å²) in [5.41, 5.74) is 3.57. The molecule has 0 radical (unpaired) electrons. The fraction of sp³-hybridized carbons (Fsp3) is 0.211. The molecule has 0 fully saturated rings. The standard InChI is InChI=1S/C19H18ClN3O2/c1-12-8-9-14(10-13(12)2)19(24)23(3)11-17-21-18(22-25-17)15-6-4-5-7-16(15)20/h4-10H,11H2,1-3H3.